The zero-order valence-corrected chi connectivity index (χ0v) is 37.1. The zero-order chi connectivity index (χ0) is 46.3. The molecule has 0 bridgehead atoms. The van der Waals surface area contributed by atoms with Crippen molar-refractivity contribution in [1.82, 2.24) is 20.4 Å². The van der Waals surface area contributed by atoms with E-state index in [-0.39, 0.29) is 37.4 Å². The molecule has 0 radical (unpaired) electrons. The number of hydrogen-bond acceptors (Lipinski definition) is 16. The maximum atomic E-state index is 13.6. The molecule has 0 saturated carbocycles. The number of amides is 3. The third kappa shape index (κ3) is 12.6. The van der Waals surface area contributed by atoms with Crippen molar-refractivity contribution in [2.75, 3.05) is 45.9 Å². The molecular formula is C42H60N4O16. The molecule has 0 aliphatic carbocycles. The molecule has 3 aliphatic rings. The van der Waals surface area contributed by atoms with Gasteiger partial charge in [-0.1, -0.05) is 0 Å². The highest BCUT2D eigenvalue weighted by atomic mass is 16.6. The maximum absolute atomic E-state index is 13.6. The van der Waals surface area contributed by atoms with Gasteiger partial charge in [0, 0.05) is 79.2 Å². The molecule has 3 amide bonds. The van der Waals surface area contributed by atoms with Crippen molar-refractivity contribution < 1.29 is 76.6 Å². The lowest BCUT2D eigenvalue weighted by Gasteiger charge is -2.50. The molecule has 3 saturated heterocycles. The third-order valence-electron chi connectivity index (χ3n) is 10.8. The summed E-state index contributed by atoms with van der Waals surface area (Å²) in [7, 11) is 0. The van der Waals surface area contributed by atoms with Crippen molar-refractivity contribution >= 4 is 47.8 Å². The van der Waals surface area contributed by atoms with Crippen LogP contribution in [0.2, 0.25) is 0 Å². The fraction of sp³-hybridized carbons (Fsp3) is 0.667. The summed E-state index contributed by atoms with van der Waals surface area (Å²) in [5, 5.41) is 16.4. The SMILES string of the molecule is CC(=O)N[C@H]1[C@H]([C@H](OC(C)=O)[C@@H](CNC(=O)c2cc(C)c(OC(C)=O)c(C)c2)OC(C)=O)O[C@@](CCN2CCOC[C@@]23CCN(C(=O)OC(C)(C)C)C3)(C(=O)O)C[C@@H]1OC(C)=O. The van der Waals surface area contributed by atoms with Gasteiger partial charge >= 0.3 is 35.9 Å². The van der Waals surface area contributed by atoms with E-state index in [1.54, 1.807) is 39.5 Å². The van der Waals surface area contributed by atoms with Gasteiger partial charge in [0.05, 0.1) is 31.3 Å². The second-order valence-corrected chi connectivity index (χ2v) is 17.1. The topological polar surface area (TPSA) is 252 Å². The van der Waals surface area contributed by atoms with Crippen molar-refractivity contribution in [3.8, 4) is 5.75 Å². The lowest BCUT2D eigenvalue weighted by molar-refractivity contribution is -0.241. The predicted molar refractivity (Wildman–Crippen MR) is 216 cm³/mol. The highest BCUT2D eigenvalue weighted by Crippen LogP contribution is 2.40. The lowest BCUT2D eigenvalue weighted by Crippen LogP contribution is -2.69. The van der Waals surface area contributed by atoms with Crippen LogP contribution in [0.25, 0.3) is 0 Å². The number of morpholine rings is 1. The summed E-state index contributed by atoms with van der Waals surface area (Å²) < 4.78 is 40.4. The average Bonchev–Trinajstić information content (AvgIpc) is 3.57. The molecule has 3 N–H and O–H groups in total. The molecule has 1 aromatic carbocycles. The van der Waals surface area contributed by atoms with Crippen LogP contribution in [-0.2, 0) is 57.2 Å². The minimum absolute atomic E-state index is 0.0822. The number of ether oxygens (including phenoxy) is 7. The molecule has 20 heteroatoms. The van der Waals surface area contributed by atoms with Crippen LogP contribution in [0.15, 0.2) is 12.1 Å². The van der Waals surface area contributed by atoms with E-state index in [2.05, 4.69) is 10.6 Å². The number of carboxylic acids is 1. The van der Waals surface area contributed by atoms with E-state index in [1.807, 2.05) is 4.90 Å². The summed E-state index contributed by atoms with van der Waals surface area (Å²) >= 11 is 0. The van der Waals surface area contributed by atoms with Crippen molar-refractivity contribution in [1.29, 1.82) is 0 Å². The molecular weight excluding hydrogens is 816 g/mol. The number of likely N-dealkylation sites (tertiary alicyclic amines) is 1. The number of carbonyl (C=O) groups is 8. The van der Waals surface area contributed by atoms with Crippen molar-refractivity contribution in [3.05, 3.63) is 28.8 Å². The van der Waals surface area contributed by atoms with Crippen LogP contribution in [0, 0.1) is 13.8 Å². The molecule has 3 heterocycles. The summed E-state index contributed by atoms with van der Waals surface area (Å²) in [6.45, 7) is 15.3. The number of esters is 4. The Kier molecular flexibility index (Phi) is 16.1. The first-order chi connectivity index (χ1) is 28.8. The summed E-state index contributed by atoms with van der Waals surface area (Å²) in [5.41, 5.74) is -2.51. The van der Waals surface area contributed by atoms with Crippen LogP contribution in [0.1, 0.15) is 96.1 Å². The summed E-state index contributed by atoms with van der Waals surface area (Å²) in [6.07, 6.45) is -7.03. The van der Waals surface area contributed by atoms with Gasteiger partial charge < -0.3 is 53.8 Å². The van der Waals surface area contributed by atoms with Crippen molar-refractivity contribution in [3.63, 3.8) is 0 Å². The van der Waals surface area contributed by atoms with Crippen molar-refractivity contribution in [2.24, 2.45) is 0 Å². The van der Waals surface area contributed by atoms with E-state index >= 15 is 0 Å². The Labute approximate surface area is 360 Å². The third-order valence-corrected chi connectivity index (χ3v) is 10.8. The van der Waals surface area contributed by atoms with Gasteiger partial charge in [-0.25, -0.2) is 9.59 Å². The Morgan fingerprint density at radius 2 is 1.56 bits per heavy atom. The molecule has 344 valence electrons. The van der Waals surface area contributed by atoms with Gasteiger partial charge in [0.1, 0.15) is 23.6 Å². The molecule has 1 spiro atoms. The average molecular weight is 877 g/mol. The molecule has 3 fully saturated rings. The van der Waals surface area contributed by atoms with E-state index < -0.39 is 108 Å². The largest absolute Gasteiger partial charge is 0.479 e. The Morgan fingerprint density at radius 1 is 0.919 bits per heavy atom. The number of rotatable bonds is 14. The number of nitrogens with one attached hydrogen (secondary N) is 2. The van der Waals surface area contributed by atoms with Crippen LogP contribution in [0.5, 0.6) is 5.75 Å². The van der Waals surface area contributed by atoms with Crippen LogP contribution < -0.4 is 15.4 Å². The molecule has 0 unspecified atom stereocenters. The molecule has 1 aromatic rings. The first-order valence-corrected chi connectivity index (χ1v) is 20.4. The van der Waals surface area contributed by atoms with Gasteiger partial charge in [-0.15, -0.1) is 0 Å². The minimum atomic E-state index is -2.18. The van der Waals surface area contributed by atoms with Crippen LogP contribution in [0.4, 0.5) is 4.79 Å². The van der Waals surface area contributed by atoms with Gasteiger partial charge in [-0.05, 0) is 64.3 Å². The zero-order valence-electron chi connectivity index (χ0n) is 37.1. The monoisotopic (exact) mass is 876 g/mol. The number of carboxylic acid groups (broad SMARTS) is 1. The van der Waals surface area contributed by atoms with Crippen LogP contribution >= 0.6 is 0 Å². The normalized spacial score (nSPS) is 24.9. The highest BCUT2D eigenvalue weighted by Gasteiger charge is 2.58. The standard InChI is InChI=1S/C42H60N4O16/c1-23-17-30(18-24(2)34(23)59-28(6)50)37(52)43-20-32(58-27(5)49)35(60-29(7)51)36-33(44-25(3)47)31(57-26(4)48)19-42(61-36,38(53)54)12-14-46-15-16-56-22-41(46)11-13-45(21-41)39(55)62-40(8,9)10/h17-18,31-33,35-36H,11-16,19-22H2,1-10H3,(H,43,52)(H,44,47)(H,53,54)/t31-,32+,33+,35+,36+,41-,42+/m0/s1. The Bertz CT molecular complexity index is 1880. The summed E-state index contributed by atoms with van der Waals surface area (Å²) in [5.74, 6) is -5.66. The number of aliphatic carboxylic acids is 1. The molecule has 7 atom stereocenters. The van der Waals surface area contributed by atoms with Crippen LogP contribution in [-0.4, -0.2) is 156 Å². The minimum Gasteiger partial charge on any atom is -0.479 e. The molecule has 0 aromatic heterocycles. The second-order valence-electron chi connectivity index (χ2n) is 17.1. The van der Waals surface area contributed by atoms with Gasteiger partial charge in [0.2, 0.25) is 5.91 Å². The van der Waals surface area contributed by atoms with Crippen LogP contribution in [0.3, 0.4) is 0 Å². The number of carbonyl (C=O) groups excluding carboxylic acids is 7. The smallest absolute Gasteiger partial charge is 0.410 e. The fourth-order valence-corrected chi connectivity index (χ4v) is 8.27. The second kappa shape index (κ2) is 20.2. The fourth-order valence-electron chi connectivity index (χ4n) is 8.27. The Morgan fingerprint density at radius 3 is 2.11 bits per heavy atom. The van der Waals surface area contributed by atoms with E-state index in [4.69, 9.17) is 33.2 Å². The van der Waals surface area contributed by atoms with Gasteiger partial charge in [0.25, 0.3) is 5.91 Å². The molecule has 3 aliphatic heterocycles. The first-order valence-electron chi connectivity index (χ1n) is 20.4. The Balaban J connectivity index is 1.73. The number of benzene rings is 1. The molecule has 62 heavy (non-hydrogen) atoms. The highest BCUT2D eigenvalue weighted by molar-refractivity contribution is 5.95. The summed E-state index contributed by atoms with van der Waals surface area (Å²) in [6, 6.07) is 1.59. The van der Waals surface area contributed by atoms with Gasteiger partial charge in [-0.3, -0.25) is 33.7 Å². The maximum Gasteiger partial charge on any atom is 0.410 e. The number of hydrogen-bond donors (Lipinski definition) is 3. The predicted octanol–water partition coefficient (Wildman–Crippen LogP) is 1.97. The quantitative estimate of drug-likeness (QED) is 0.137. The Hall–Kier alpha value is -5.34. The molecule has 4 rings (SSSR count). The number of aryl methyl sites for hydroxylation is 2. The van der Waals surface area contributed by atoms with E-state index in [1.165, 1.54) is 26.0 Å². The van der Waals surface area contributed by atoms with Crippen molar-refractivity contribution in [2.45, 2.75) is 136 Å². The summed E-state index contributed by atoms with van der Waals surface area (Å²) in [4.78, 5) is 106. The lowest BCUT2D eigenvalue weighted by atomic mass is 9.81. The molecule has 20 nitrogen and oxygen atoms in total. The van der Waals surface area contributed by atoms with E-state index in [0.717, 1.165) is 20.8 Å². The van der Waals surface area contributed by atoms with E-state index in [9.17, 15) is 43.5 Å². The van der Waals surface area contributed by atoms with Gasteiger partial charge in [0.15, 0.2) is 17.8 Å². The number of nitrogens with zero attached hydrogens (tertiary/aromatic N) is 2. The van der Waals surface area contributed by atoms with E-state index in [0.29, 0.717) is 37.2 Å². The van der Waals surface area contributed by atoms with Gasteiger partial charge in [-0.2, -0.15) is 0 Å². The first kappa shape index (κ1) is 49.3.